The molecule has 1 aliphatic heterocycles. The second-order valence-electron chi connectivity index (χ2n) is 20.7. The number of unbranched alkanes of at least 4 members (excludes halogenated alkanes) is 1. The number of ether oxygens (including phenoxy) is 6. The molecular formula is C57H70F3N5O11S2. The average Bonchev–Trinajstić information content (AvgIpc) is 4.20. The summed E-state index contributed by atoms with van der Waals surface area (Å²) in [5.74, 6) is -2.08. The van der Waals surface area contributed by atoms with Crippen molar-refractivity contribution in [1.29, 1.82) is 5.26 Å². The number of aryl methyl sites for hydroxylation is 2. The number of ketones is 2. The summed E-state index contributed by atoms with van der Waals surface area (Å²) in [4.78, 5) is 62.1. The number of thiazole rings is 1. The van der Waals surface area contributed by atoms with E-state index in [9.17, 15) is 42.7 Å². The molecule has 2 aliphatic rings. The van der Waals surface area contributed by atoms with Crippen molar-refractivity contribution < 1.29 is 65.9 Å². The Bertz CT molecular complexity index is 2710. The SMILES string of the molecule is Cc1ncsc1-c1ccc(CCC(=O)[C@@H]2CC(O)CC2C(=O)[C@@H](NC(=O)COCCOCCOCCCCOCCOCCOc2ccc(N3C(=S)N(c4ccc(C#N)c(C(F)(F)F)c4)C(=O)C3(C)C)cc2)C(C)(C)C)cc1. The fourth-order valence-electron chi connectivity index (χ4n) is 9.37. The predicted molar refractivity (Wildman–Crippen MR) is 292 cm³/mol. The van der Waals surface area contributed by atoms with E-state index in [1.807, 2.05) is 57.5 Å². The molecule has 2 unspecified atom stereocenters. The van der Waals surface area contributed by atoms with E-state index in [2.05, 4.69) is 10.3 Å². The number of hydrogen-bond acceptors (Lipinski definition) is 15. The van der Waals surface area contributed by atoms with Gasteiger partial charge in [0.2, 0.25) is 5.91 Å². The molecule has 0 radical (unpaired) electrons. The lowest BCUT2D eigenvalue weighted by Crippen LogP contribution is -2.53. The van der Waals surface area contributed by atoms with Crippen LogP contribution in [0, 0.1) is 35.5 Å². The van der Waals surface area contributed by atoms with Crippen molar-refractivity contribution in [2.45, 2.75) is 104 Å². The van der Waals surface area contributed by atoms with E-state index in [1.165, 1.54) is 6.07 Å². The third-order valence-electron chi connectivity index (χ3n) is 13.5. The maximum atomic E-state index is 14.0. The van der Waals surface area contributed by atoms with Crippen molar-refractivity contribution in [3.05, 3.63) is 94.6 Å². The minimum atomic E-state index is -4.80. The molecule has 21 heteroatoms. The number of benzene rings is 3. The molecule has 78 heavy (non-hydrogen) atoms. The fraction of sp³-hybridized carbons (Fsp3) is 0.526. The van der Waals surface area contributed by atoms with Gasteiger partial charge in [0.1, 0.15) is 30.3 Å². The van der Waals surface area contributed by atoms with Gasteiger partial charge in [0.25, 0.3) is 5.91 Å². The van der Waals surface area contributed by atoms with Crippen LogP contribution in [0.3, 0.4) is 0 Å². The van der Waals surface area contributed by atoms with Crippen LogP contribution in [-0.4, -0.2) is 129 Å². The molecule has 2 N–H and O–H groups in total. The average molecular weight is 1120 g/mol. The number of thiocarbonyl (C=S) groups is 1. The standard InChI is InChI=1S/C57H70F3N5O11S2/c1-37-51(78-36-62-37)39-12-9-38(10-13-39)11-20-48(67)45-32-43(66)33-46(45)50(69)52(55(2,3)4)63-49(68)35-75-28-27-73-25-23-71-21-7-8-22-72-24-26-74-29-30-76-44-18-16-41(17-19-44)65-54(77)64(53(70)56(65,5)6)42-15-14-40(34-61)47(31-42)57(58,59)60/h9-10,12-19,31,36,43,45-46,52,66H,7-8,11,20-30,32-33,35H2,1-6H3,(H,63,68)/t43?,45-,46?,52-/m1/s1. The number of carbonyl (C=O) groups excluding carboxylic acids is 4. The number of amides is 2. The highest BCUT2D eigenvalue weighted by atomic mass is 32.1. The van der Waals surface area contributed by atoms with Gasteiger partial charge in [0.05, 0.1) is 97.4 Å². The van der Waals surface area contributed by atoms with Crippen molar-refractivity contribution in [3.63, 3.8) is 0 Å². The van der Waals surface area contributed by atoms with Gasteiger partial charge in [-0.1, -0.05) is 45.0 Å². The summed E-state index contributed by atoms with van der Waals surface area (Å²) in [6.45, 7) is 14.1. The van der Waals surface area contributed by atoms with Gasteiger partial charge in [0, 0.05) is 37.2 Å². The second-order valence-corrected chi connectivity index (χ2v) is 22.0. The zero-order chi connectivity index (χ0) is 56.6. The third kappa shape index (κ3) is 16.7. The van der Waals surface area contributed by atoms with E-state index in [0.29, 0.717) is 64.1 Å². The minimum absolute atomic E-state index is 0.00478. The van der Waals surface area contributed by atoms with E-state index in [-0.39, 0.29) is 68.1 Å². The topological polar surface area (TPSA) is 199 Å². The number of halogens is 3. The maximum absolute atomic E-state index is 14.0. The number of rotatable bonds is 30. The smallest absolute Gasteiger partial charge is 0.417 e. The maximum Gasteiger partial charge on any atom is 0.417 e. The summed E-state index contributed by atoms with van der Waals surface area (Å²) < 4.78 is 74.9. The predicted octanol–water partition coefficient (Wildman–Crippen LogP) is 8.86. The largest absolute Gasteiger partial charge is 0.491 e. The Labute approximate surface area is 463 Å². The Morgan fingerprint density at radius 3 is 2.00 bits per heavy atom. The number of hydrogen-bond donors (Lipinski definition) is 2. The number of nitrogens with zero attached hydrogens (tertiary/aromatic N) is 4. The molecule has 422 valence electrons. The summed E-state index contributed by atoms with van der Waals surface area (Å²) in [5, 5.41) is 22.6. The molecule has 2 amide bonds. The van der Waals surface area contributed by atoms with Crippen molar-refractivity contribution >= 4 is 63.4 Å². The lowest BCUT2D eigenvalue weighted by Gasteiger charge is -2.33. The van der Waals surface area contributed by atoms with Gasteiger partial charge in [-0.15, -0.1) is 11.3 Å². The fourth-order valence-corrected chi connectivity index (χ4v) is 10.7. The third-order valence-corrected chi connectivity index (χ3v) is 14.9. The number of nitrogens with one attached hydrogen (secondary N) is 1. The van der Waals surface area contributed by atoms with Gasteiger partial charge in [-0.3, -0.25) is 24.1 Å². The highest BCUT2D eigenvalue weighted by molar-refractivity contribution is 7.81. The van der Waals surface area contributed by atoms with Crippen molar-refractivity contribution in [2.75, 3.05) is 82.5 Å². The van der Waals surface area contributed by atoms with Crippen LogP contribution in [0.2, 0.25) is 0 Å². The number of carbonyl (C=O) groups is 4. The number of aromatic nitrogens is 1. The monoisotopic (exact) mass is 1120 g/mol. The van der Waals surface area contributed by atoms with Crippen molar-refractivity contribution in [2.24, 2.45) is 17.3 Å². The van der Waals surface area contributed by atoms with Crippen LogP contribution >= 0.6 is 23.6 Å². The molecule has 1 saturated heterocycles. The Morgan fingerprint density at radius 2 is 1.42 bits per heavy atom. The van der Waals surface area contributed by atoms with Gasteiger partial charge < -0.3 is 43.7 Å². The van der Waals surface area contributed by atoms with Crippen LogP contribution in [0.25, 0.3) is 10.4 Å². The second kappa shape index (κ2) is 28.4. The van der Waals surface area contributed by atoms with Gasteiger partial charge in [0.15, 0.2) is 10.9 Å². The van der Waals surface area contributed by atoms with Crippen LogP contribution < -0.4 is 19.9 Å². The molecular weight excluding hydrogens is 1050 g/mol. The number of Topliss-reactive ketones (excluding diaryl/α,β-unsaturated/α-hetero) is 2. The van der Waals surface area contributed by atoms with E-state index >= 15 is 0 Å². The lowest BCUT2D eigenvalue weighted by atomic mass is 9.76. The van der Waals surface area contributed by atoms with Crippen LogP contribution in [-0.2, 0) is 55.5 Å². The summed E-state index contributed by atoms with van der Waals surface area (Å²) >= 11 is 7.19. The van der Waals surface area contributed by atoms with E-state index in [1.54, 1.807) is 60.4 Å². The number of aliphatic hydroxyl groups excluding tert-OH is 1. The Morgan fingerprint density at radius 1 is 0.846 bits per heavy atom. The molecule has 4 aromatic rings. The van der Waals surface area contributed by atoms with Crippen LogP contribution in [0.4, 0.5) is 24.5 Å². The molecule has 1 aliphatic carbocycles. The van der Waals surface area contributed by atoms with Gasteiger partial charge in [-0.05, 0) is 124 Å². The molecule has 16 nitrogen and oxygen atoms in total. The highest BCUT2D eigenvalue weighted by Gasteiger charge is 2.51. The van der Waals surface area contributed by atoms with Crippen LogP contribution in [0.15, 0.2) is 72.2 Å². The lowest BCUT2D eigenvalue weighted by molar-refractivity contribution is -0.138. The molecule has 1 saturated carbocycles. The van der Waals surface area contributed by atoms with Gasteiger partial charge >= 0.3 is 6.18 Å². The minimum Gasteiger partial charge on any atom is -0.491 e. The Hall–Kier alpha value is -5.70. The molecule has 1 aromatic heterocycles. The molecule has 0 spiro atoms. The molecule has 0 bridgehead atoms. The summed E-state index contributed by atoms with van der Waals surface area (Å²) in [7, 11) is 0. The molecule has 4 atom stereocenters. The summed E-state index contributed by atoms with van der Waals surface area (Å²) in [6, 6.07) is 18.6. The van der Waals surface area contributed by atoms with Gasteiger partial charge in [-0.2, -0.15) is 18.4 Å². The zero-order valence-electron chi connectivity index (χ0n) is 45.0. The van der Waals surface area contributed by atoms with Crippen molar-refractivity contribution in [1.82, 2.24) is 10.3 Å². The Kier molecular flexibility index (Phi) is 22.4. The summed E-state index contributed by atoms with van der Waals surface area (Å²) in [6.07, 6.45) is -2.82. The van der Waals surface area contributed by atoms with E-state index in [0.717, 1.165) is 51.6 Å². The molecule has 2 heterocycles. The van der Waals surface area contributed by atoms with Gasteiger partial charge in [-0.25, -0.2) is 4.98 Å². The first-order chi connectivity index (χ1) is 37.1. The highest BCUT2D eigenvalue weighted by Crippen LogP contribution is 2.41. The number of aliphatic hydroxyl groups is 1. The van der Waals surface area contributed by atoms with Crippen LogP contribution in [0.5, 0.6) is 5.75 Å². The number of anilines is 2. The Balaban J connectivity index is 0.763. The van der Waals surface area contributed by atoms with Crippen LogP contribution in [0.1, 0.15) is 89.1 Å². The van der Waals surface area contributed by atoms with Crippen molar-refractivity contribution in [3.8, 4) is 22.3 Å². The van der Waals surface area contributed by atoms with E-state index in [4.69, 9.17) is 40.6 Å². The normalized spacial score (nSPS) is 17.8. The first-order valence-electron chi connectivity index (χ1n) is 26.1. The first kappa shape index (κ1) is 61.5. The zero-order valence-corrected chi connectivity index (χ0v) is 46.7. The number of nitriles is 1. The molecule has 2 fully saturated rings. The molecule has 6 rings (SSSR count). The number of alkyl halides is 3. The first-order valence-corrected chi connectivity index (χ1v) is 27.4. The summed E-state index contributed by atoms with van der Waals surface area (Å²) in [5.41, 5.74) is 1.75. The molecule has 3 aromatic carbocycles. The quantitative estimate of drug-likeness (QED) is 0.0370. The van der Waals surface area contributed by atoms with E-state index < -0.39 is 64.1 Å².